The molecule has 4 nitrogen and oxygen atoms in total. The highest BCUT2D eigenvalue weighted by molar-refractivity contribution is 5.74. The van der Waals surface area contributed by atoms with Gasteiger partial charge in [0, 0.05) is 6.54 Å². The van der Waals surface area contributed by atoms with E-state index < -0.39 is 0 Å². The zero-order valence-corrected chi connectivity index (χ0v) is 9.95. The first-order valence-corrected chi connectivity index (χ1v) is 5.91. The van der Waals surface area contributed by atoms with Gasteiger partial charge in [-0.1, -0.05) is 18.2 Å². The van der Waals surface area contributed by atoms with Crippen molar-refractivity contribution in [2.24, 2.45) is 5.73 Å². The van der Waals surface area contributed by atoms with Gasteiger partial charge in [0.1, 0.15) is 0 Å². The van der Waals surface area contributed by atoms with Gasteiger partial charge < -0.3 is 10.3 Å². The molecular formula is C14H14N4. The second kappa shape index (κ2) is 4.58. The van der Waals surface area contributed by atoms with E-state index in [4.69, 9.17) is 5.73 Å². The normalized spacial score (nSPS) is 10.9. The van der Waals surface area contributed by atoms with Crippen molar-refractivity contribution < 1.29 is 0 Å². The third-order valence-electron chi connectivity index (χ3n) is 2.93. The average Bonchev–Trinajstić information content (AvgIpc) is 2.83. The van der Waals surface area contributed by atoms with Gasteiger partial charge in [0.05, 0.1) is 35.3 Å². The van der Waals surface area contributed by atoms with Crippen LogP contribution in [-0.4, -0.2) is 14.5 Å². The molecule has 0 spiro atoms. The summed E-state index contributed by atoms with van der Waals surface area (Å²) in [6.45, 7) is 1.19. The van der Waals surface area contributed by atoms with Crippen LogP contribution in [0.5, 0.6) is 0 Å². The fourth-order valence-corrected chi connectivity index (χ4v) is 2.04. The molecular weight excluding hydrogens is 224 g/mol. The summed E-state index contributed by atoms with van der Waals surface area (Å²) in [4.78, 5) is 8.87. The van der Waals surface area contributed by atoms with Crippen molar-refractivity contribution in [2.75, 3.05) is 0 Å². The predicted molar refractivity (Wildman–Crippen MR) is 71.0 cm³/mol. The highest BCUT2D eigenvalue weighted by Crippen LogP contribution is 2.13. The molecule has 3 aromatic rings. The lowest BCUT2D eigenvalue weighted by molar-refractivity contribution is 0.785. The lowest BCUT2D eigenvalue weighted by Crippen LogP contribution is -2.05. The topological polar surface area (TPSA) is 56.7 Å². The SMILES string of the molecule is NCc1cccc(Cn2cnc3ccccc32)n1. The van der Waals surface area contributed by atoms with Crippen LogP contribution in [0.4, 0.5) is 0 Å². The van der Waals surface area contributed by atoms with Crippen LogP contribution in [0.1, 0.15) is 11.4 Å². The summed E-state index contributed by atoms with van der Waals surface area (Å²) in [6, 6.07) is 14.0. The van der Waals surface area contributed by atoms with Crippen LogP contribution < -0.4 is 5.73 Å². The van der Waals surface area contributed by atoms with E-state index in [9.17, 15) is 0 Å². The lowest BCUT2D eigenvalue weighted by atomic mass is 10.3. The van der Waals surface area contributed by atoms with E-state index in [2.05, 4.69) is 20.6 Å². The Kier molecular flexibility index (Phi) is 2.78. The first kappa shape index (κ1) is 10.9. The number of benzene rings is 1. The van der Waals surface area contributed by atoms with Crippen molar-refractivity contribution >= 4 is 11.0 Å². The van der Waals surface area contributed by atoms with E-state index in [1.165, 1.54) is 0 Å². The van der Waals surface area contributed by atoms with Crippen LogP contribution in [0.3, 0.4) is 0 Å². The van der Waals surface area contributed by atoms with Gasteiger partial charge in [-0.25, -0.2) is 4.98 Å². The summed E-state index contributed by atoms with van der Waals surface area (Å²) in [5.41, 5.74) is 9.65. The van der Waals surface area contributed by atoms with Gasteiger partial charge in [0.2, 0.25) is 0 Å². The number of fused-ring (bicyclic) bond motifs is 1. The summed E-state index contributed by atoms with van der Waals surface area (Å²) in [7, 11) is 0. The molecule has 0 aliphatic carbocycles. The maximum absolute atomic E-state index is 5.60. The van der Waals surface area contributed by atoms with Crippen LogP contribution in [0, 0.1) is 0 Å². The van der Waals surface area contributed by atoms with E-state index in [0.717, 1.165) is 22.4 Å². The number of nitrogens with zero attached hydrogens (tertiary/aromatic N) is 3. The average molecular weight is 238 g/mol. The molecule has 0 atom stereocenters. The molecule has 0 saturated carbocycles. The number of rotatable bonds is 3. The molecule has 2 heterocycles. The van der Waals surface area contributed by atoms with Crippen molar-refractivity contribution in [2.45, 2.75) is 13.1 Å². The number of imidazole rings is 1. The Bertz CT molecular complexity index is 672. The maximum Gasteiger partial charge on any atom is 0.0962 e. The van der Waals surface area contributed by atoms with Crippen LogP contribution in [0.15, 0.2) is 48.8 Å². The Labute approximate surface area is 105 Å². The van der Waals surface area contributed by atoms with E-state index in [1.54, 1.807) is 0 Å². The summed E-state index contributed by atoms with van der Waals surface area (Å²) >= 11 is 0. The van der Waals surface area contributed by atoms with Crippen molar-refractivity contribution in [3.8, 4) is 0 Å². The third kappa shape index (κ3) is 1.98. The minimum absolute atomic E-state index is 0.471. The molecule has 3 rings (SSSR count). The number of hydrogen-bond acceptors (Lipinski definition) is 3. The minimum Gasteiger partial charge on any atom is -0.325 e. The van der Waals surface area contributed by atoms with Crippen molar-refractivity contribution in [3.05, 3.63) is 60.2 Å². The van der Waals surface area contributed by atoms with Gasteiger partial charge in [-0.2, -0.15) is 0 Å². The van der Waals surface area contributed by atoms with Crippen LogP contribution >= 0.6 is 0 Å². The Morgan fingerprint density at radius 2 is 1.83 bits per heavy atom. The van der Waals surface area contributed by atoms with Crippen molar-refractivity contribution in [3.63, 3.8) is 0 Å². The summed E-state index contributed by atoms with van der Waals surface area (Å²) in [6.07, 6.45) is 1.85. The van der Waals surface area contributed by atoms with Crippen LogP contribution in [0.2, 0.25) is 0 Å². The molecule has 90 valence electrons. The maximum atomic E-state index is 5.60. The molecule has 0 amide bonds. The molecule has 18 heavy (non-hydrogen) atoms. The molecule has 0 fully saturated rings. The quantitative estimate of drug-likeness (QED) is 0.758. The molecule has 0 aliphatic heterocycles. The van der Waals surface area contributed by atoms with Gasteiger partial charge in [-0.15, -0.1) is 0 Å². The van der Waals surface area contributed by atoms with Gasteiger partial charge >= 0.3 is 0 Å². The number of hydrogen-bond donors (Lipinski definition) is 1. The molecule has 0 saturated heterocycles. The smallest absolute Gasteiger partial charge is 0.0962 e. The van der Waals surface area contributed by atoms with E-state index in [-0.39, 0.29) is 0 Å². The molecule has 0 aliphatic rings. The largest absolute Gasteiger partial charge is 0.325 e. The predicted octanol–water partition coefficient (Wildman–Crippen LogP) is 1.94. The number of nitrogens with two attached hydrogens (primary N) is 1. The van der Waals surface area contributed by atoms with Crippen LogP contribution in [-0.2, 0) is 13.1 Å². The second-order valence-electron chi connectivity index (χ2n) is 4.19. The Morgan fingerprint density at radius 3 is 2.72 bits per heavy atom. The number of aromatic nitrogens is 3. The van der Waals surface area contributed by atoms with E-state index in [1.807, 2.05) is 42.7 Å². The monoisotopic (exact) mass is 238 g/mol. The van der Waals surface area contributed by atoms with E-state index in [0.29, 0.717) is 13.1 Å². The minimum atomic E-state index is 0.471. The summed E-state index contributed by atoms with van der Waals surface area (Å²) < 4.78 is 2.10. The second-order valence-corrected chi connectivity index (χ2v) is 4.19. The molecule has 0 bridgehead atoms. The van der Waals surface area contributed by atoms with Crippen LogP contribution in [0.25, 0.3) is 11.0 Å². The fourth-order valence-electron chi connectivity index (χ4n) is 2.04. The number of para-hydroxylation sites is 2. The molecule has 2 N–H and O–H groups in total. The molecule has 2 aromatic heterocycles. The van der Waals surface area contributed by atoms with Gasteiger partial charge in [-0.05, 0) is 24.3 Å². The first-order chi connectivity index (χ1) is 8.86. The number of pyridine rings is 1. The highest BCUT2D eigenvalue weighted by Gasteiger charge is 2.03. The molecule has 0 unspecified atom stereocenters. The Hall–Kier alpha value is -2.20. The highest BCUT2D eigenvalue weighted by atomic mass is 15.1. The van der Waals surface area contributed by atoms with Crippen molar-refractivity contribution in [1.82, 2.24) is 14.5 Å². The van der Waals surface area contributed by atoms with Gasteiger partial charge in [-0.3, -0.25) is 4.98 Å². The third-order valence-corrected chi connectivity index (χ3v) is 2.93. The van der Waals surface area contributed by atoms with E-state index >= 15 is 0 Å². The fraction of sp³-hybridized carbons (Fsp3) is 0.143. The Morgan fingerprint density at radius 1 is 1.00 bits per heavy atom. The zero-order valence-electron chi connectivity index (χ0n) is 9.95. The molecule has 4 heteroatoms. The van der Waals surface area contributed by atoms with Gasteiger partial charge in [0.15, 0.2) is 0 Å². The lowest BCUT2D eigenvalue weighted by Gasteiger charge is -2.05. The van der Waals surface area contributed by atoms with Gasteiger partial charge in [0.25, 0.3) is 0 Å². The summed E-state index contributed by atoms with van der Waals surface area (Å²) in [5.74, 6) is 0. The summed E-state index contributed by atoms with van der Waals surface area (Å²) in [5, 5.41) is 0. The standard InChI is InChI=1S/C14H14N4/c15-8-11-4-3-5-12(17-11)9-18-10-16-13-6-1-2-7-14(13)18/h1-7,10H,8-9,15H2. The first-order valence-electron chi connectivity index (χ1n) is 5.91. The molecule has 1 aromatic carbocycles. The Balaban J connectivity index is 1.96. The zero-order chi connectivity index (χ0) is 12.4. The van der Waals surface area contributed by atoms with Crippen molar-refractivity contribution in [1.29, 1.82) is 0 Å². The molecule has 0 radical (unpaired) electrons.